The van der Waals surface area contributed by atoms with E-state index in [2.05, 4.69) is 13.8 Å². The van der Waals surface area contributed by atoms with Gasteiger partial charge in [0, 0.05) is 0 Å². The lowest BCUT2D eigenvalue weighted by Gasteiger charge is -2.06. The normalized spacial score (nSPS) is 11.4. The maximum atomic E-state index is 11.7. The summed E-state index contributed by atoms with van der Waals surface area (Å²) in [5, 5.41) is 0. The van der Waals surface area contributed by atoms with E-state index in [9.17, 15) is 8.42 Å². The molecule has 0 aromatic heterocycles. The molecule has 23 heavy (non-hydrogen) atoms. The van der Waals surface area contributed by atoms with Gasteiger partial charge in [0.15, 0.2) is 0 Å². The molecule has 0 bridgehead atoms. The van der Waals surface area contributed by atoms with Crippen molar-refractivity contribution in [2.24, 2.45) is 0 Å². The molecule has 0 amide bonds. The molecular formula is C18H40MgO3S. The van der Waals surface area contributed by atoms with Crippen LogP contribution in [0.1, 0.15) is 104 Å². The van der Waals surface area contributed by atoms with Gasteiger partial charge in [-0.05, 0) is 12.8 Å². The highest BCUT2D eigenvalue weighted by atomic mass is 32.2. The van der Waals surface area contributed by atoms with E-state index in [4.69, 9.17) is 4.18 Å². The molecule has 0 atom stereocenters. The van der Waals surface area contributed by atoms with E-state index in [1.807, 2.05) is 0 Å². The number of hydrogen-bond acceptors (Lipinski definition) is 3. The van der Waals surface area contributed by atoms with Crippen LogP contribution in [0.3, 0.4) is 0 Å². The van der Waals surface area contributed by atoms with Crippen LogP contribution in [-0.4, -0.2) is 43.8 Å². The van der Waals surface area contributed by atoms with Crippen LogP contribution in [0.5, 0.6) is 0 Å². The summed E-state index contributed by atoms with van der Waals surface area (Å²) in [5.74, 6) is 0.192. The highest BCUT2D eigenvalue weighted by Crippen LogP contribution is 2.10. The summed E-state index contributed by atoms with van der Waals surface area (Å²) in [6.07, 6.45) is 16.2. The number of unbranched alkanes of at least 4 members (excludes halogenated alkanes) is 12. The largest absolute Gasteiger partial charge is 0.316 e. The molecule has 0 spiro atoms. The lowest BCUT2D eigenvalue weighted by molar-refractivity contribution is 0.305. The number of hydrogen-bond donors (Lipinski definition) is 0. The maximum absolute atomic E-state index is 11.7. The molecule has 0 aromatic carbocycles. The second kappa shape index (κ2) is 19.0. The molecule has 0 rings (SSSR count). The van der Waals surface area contributed by atoms with Gasteiger partial charge in [0.1, 0.15) is 0 Å². The Morgan fingerprint density at radius 1 is 0.609 bits per heavy atom. The van der Waals surface area contributed by atoms with Gasteiger partial charge in [-0.3, -0.25) is 4.18 Å². The smallest absolute Gasteiger partial charge is 0.270 e. The first-order chi connectivity index (χ1) is 10.6. The molecule has 0 aromatic rings. The summed E-state index contributed by atoms with van der Waals surface area (Å²) in [4.78, 5) is 0. The molecule has 0 aliphatic heterocycles. The third-order valence-corrected chi connectivity index (χ3v) is 5.32. The van der Waals surface area contributed by atoms with Crippen LogP contribution in [0.15, 0.2) is 0 Å². The van der Waals surface area contributed by atoms with Gasteiger partial charge in [-0.25, -0.2) is 0 Å². The van der Waals surface area contributed by atoms with Crippen LogP contribution in [-0.2, 0) is 14.3 Å². The standard InChI is InChI=1S/C18H38O3S.Mg.2H/c1-3-5-7-9-11-13-15-17-21-22(19,20)18-16-14-12-10-8-6-4-2;;;/h3-18H2,1-2H3;;;. The van der Waals surface area contributed by atoms with Crippen LogP contribution >= 0.6 is 0 Å². The summed E-state index contributed by atoms with van der Waals surface area (Å²) in [5.41, 5.74) is 0. The zero-order valence-corrected chi connectivity index (χ0v) is 15.8. The first-order valence-corrected chi connectivity index (χ1v) is 11.1. The lowest BCUT2D eigenvalue weighted by Crippen LogP contribution is -2.11. The van der Waals surface area contributed by atoms with Crippen molar-refractivity contribution >= 4 is 33.2 Å². The molecular weight excluding hydrogens is 321 g/mol. The zero-order valence-electron chi connectivity index (χ0n) is 14.9. The number of rotatable bonds is 17. The summed E-state index contributed by atoms with van der Waals surface area (Å²) in [6.45, 7) is 4.78. The van der Waals surface area contributed by atoms with Gasteiger partial charge in [-0.1, -0.05) is 90.9 Å². The van der Waals surface area contributed by atoms with Crippen LogP contribution in [0.25, 0.3) is 0 Å². The third-order valence-electron chi connectivity index (χ3n) is 4.01. The summed E-state index contributed by atoms with van der Waals surface area (Å²) < 4.78 is 28.5. The van der Waals surface area contributed by atoms with Crippen molar-refractivity contribution in [1.29, 1.82) is 0 Å². The molecule has 0 unspecified atom stereocenters. The Labute approximate surface area is 161 Å². The fourth-order valence-corrected chi connectivity index (χ4v) is 3.59. The molecule has 0 radical (unpaired) electrons. The maximum Gasteiger partial charge on any atom is 0.316 e. The summed E-state index contributed by atoms with van der Waals surface area (Å²) >= 11 is 0. The van der Waals surface area contributed by atoms with Gasteiger partial charge < -0.3 is 0 Å². The minimum absolute atomic E-state index is 0. The van der Waals surface area contributed by atoms with Crippen LogP contribution in [0.4, 0.5) is 0 Å². The topological polar surface area (TPSA) is 43.4 Å². The Morgan fingerprint density at radius 2 is 1.00 bits per heavy atom. The van der Waals surface area contributed by atoms with Gasteiger partial charge in [0.2, 0.25) is 0 Å². The molecule has 138 valence electrons. The van der Waals surface area contributed by atoms with Crippen molar-refractivity contribution in [2.75, 3.05) is 12.4 Å². The molecule has 0 aliphatic rings. The van der Waals surface area contributed by atoms with Crippen molar-refractivity contribution < 1.29 is 12.6 Å². The van der Waals surface area contributed by atoms with Crippen molar-refractivity contribution in [1.82, 2.24) is 0 Å². The van der Waals surface area contributed by atoms with Gasteiger partial charge in [0.25, 0.3) is 10.1 Å². The van der Waals surface area contributed by atoms with E-state index in [0.29, 0.717) is 6.61 Å². The average Bonchev–Trinajstić information content (AvgIpc) is 2.49. The highest BCUT2D eigenvalue weighted by Gasteiger charge is 2.10. The van der Waals surface area contributed by atoms with E-state index >= 15 is 0 Å². The molecule has 5 heteroatoms. The predicted molar refractivity (Wildman–Crippen MR) is 104 cm³/mol. The lowest BCUT2D eigenvalue weighted by atomic mass is 10.1. The van der Waals surface area contributed by atoms with E-state index in [-0.39, 0.29) is 28.8 Å². The predicted octanol–water partition coefficient (Wildman–Crippen LogP) is 4.92. The molecule has 0 fully saturated rings. The molecule has 0 saturated carbocycles. The van der Waals surface area contributed by atoms with E-state index in [1.54, 1.807) is 0 Å². The van der Waals surface area contributed by atoms with Crippen LogP contribution in [0, 0.1) is 0 Å². The van der Waals surface area contributed by atoms with Gasteiger partial charge in [-0.2, -0.15) is 8.42 Å². The SMILES string of the molecule is CCCCCCCCCOS(=O)(=O)CCCCCCCCC.[MgH2]. The fraction of sp³-hybridized carbons (Fsp3) is 1.00. The van der Waals surface area contributed by atoms with Gasteiger partial charge in [0.05, 0.1) is 12.4 Å². The molecule has 0 N–H and O–H groups in total. The minimum Gasteiger partial charge on any atom is -0.270 e. The Kier molecular flexibility index (Phi) is 21.4. The van der Waals surface area contributed by atoms with Crippen LogP contribution < -0.4 is 0 Å². The second-order valence-electron chi connectivity index (χ2n) is 6.33. The Bertz CT molecular complexity index is 318. The highest BCUT2D eigenvalue weighted by molar-refractivity contribution is 7.86. The zero-order chi connectivity index (χ0) is 16.5. The van der Waals surface area contributed by atoms with Crippen molar-refractivity contribution in [2.45, 2.75) is 104 Å². The first-order valence-electron chi connectivity index (χ1n) is 9.49. The molecule has 0 saturated heterocycles. The first kappa shape index (κ1) is 25.9. The quantitative estimate of drug-likeness (QED) is 0.210. The van der Waals surface area contributed by atoms with Crippen molar-refractivity contribution in [3.8, 4) is 0 Å². The third kappa shape index (κ3) is 20.6. The fourth-order valence-electron chi connectivity index (χ4n) is 2.54. The van der Waals surface area contributed by atoms with Crippen molar-refractivity contribution in [3.63, 3.8) is 0 Å². The van der Waals surface area contributed by atoms with E-state index in [0.717, 1.165) is 32.1 Å². The van der Waals surface area contributed by atoms with Gasteiger partial charge >= 0.3 is 23.1 Å². The Morgan fingerprint density at radius 3 is 1.48 bits per heavy atom. The monoisotopic (exact) mass is 360 g/mol. The minimum atomic E-state index is -3.28. The van der Waals surface area contributed by atoms with E-state index < -0.39 is 10.1 Å². The Balaban J connectivity index is 0. The van der Waals surface area contributed by atoms with Gasteiger partial charge in [-0.15, -0.1) is 0 Å². The van der Waals surface area contributed by atoms with Crippen molar-refractivity contribution in [3.05, 3.63) is 0 Å². The van der Waals surface area contributed by atoms with Crippen LogP contribution in [0.2, 0.25) is 0 Å². The van der Waals surface area contributed by atoms with E-state index in [1.165, 1.54) is 57.8 Å². The summed E-state index contributed by atoms with van der Waals surface area (Å²) in [7, 11) is -3.28. The Hall–Kier alpha value is 0.676. The molecule has 0 aliphatic carbocycles. The molecule has 0 heterocycles. The molecule has 3 nitrogen and oxygen atoms in total. The summed E-state index contributed by atoms with van der Waals surface area (Å²) in [6, 6.07) is 0. The average molecular weight is 361 g/mol. The second-order valence-corrected chi connectivity index (χ2v) is 8.09.